The van der Waals surface area contributed by atoms with Crippen LogP contribution in [0.5, 0.6) is 0 Å². The molecule has 0 fully saturated rings. The summed E-state index contributed by atoms with van der Waals surface area (Å²) in [7, 11) is 0. The van der Waals surface area contributed by atoms with E-state index in [9.17, 15) is 14.4 Å². The van der Waals surface area contributed by atoms with Crippen LogP contribution >= 0.6 is 11.3 Å². The van der Waals surface area contributed by atoms with Crippen molar-refractivity contribution in [1.29, 1.82) is 0 Å². The van der Waals surface area contributed by atoms with Gasteiger partial charge >= 0.3 is 5.97 Å². The van der Waals surface area contributed by atoms with Crippen LogP contribution in [-0.2, 0) is 11.2 Å². The first kappa shape index (κ1) is 17.8. The van der Waals surface area contributed by atoms with Gasteiger partial charge in [-0.2, -0.15) is 0 Å². The normalized spacial score (nSPS) is 10.8. The number of nitrogens with zero attached hydrogens (tertiary/aromatic N) is 1. The number of thiophene rings is 1. The largest absolute Gasteiger partial charge is 0.478 e. The van der Waals surface area contributed by atoms with Crippen LogP contribution in [0.2, 0.25) is 0 Å². The van der Waals surface area contributed by atoms with Crippen LogP contribution in [0.15, 0.2) is 29.1 Å². The van der Waals surface area contributed by atoms with Gasteiger partial charge in [-0.25, -0.2) is 9.78 Å². The fourth-order valence-corrected chi connectivity index (χ4v) is 3.65. The van der Waals surface area contributed by atoms with E-state index in [1.54, 1.807) is 12.1 Å². The zero-order chi connectivity index (χ0) is 18.8. The lowest BCUT2D eigenvalue weighted by Crippen LogP contribution is -2.16. The number of amides is 1. The van der Waals surface area contributed by atoms with E-state index in [0.29, 0.717) is 21.7 Å². The van der Waals surface area contributed by atoms with Crippen molar-refractivity contribution in [3.8, 4) is 0 Å². The smallest absolute Gasteiger partial charge is 0.335 e. The lowest BCUT2D eigenvalue weighted by atomic mass is 10.2. The Morgan fingerprint density at radius 2 is 2.08 bits per heavy atom. The number of rotatable bonds is 5. The van der Waals surface area contributed by atoms with Crippen LogP contribution in [0.1, 0.15) is 33.0 Å². The molecular weight excluding hydrogens is 354 g/mol. The molecule has 0 saturated carbocycles. The highest BCUT2D eigenvalue weighted by molar-refractivity contribution is 7.18. The Hall–Kier alpha value is -3.00. The van der Waals surface area contributed by atoms with E-state index >= 15 is 0 Å². The van der Waals surface area contributed by atoms with E-state index < -0.39 is 5.97 Å². The number of carboxylic acid groups (broad SMARTS) is 1. The number of aromatic nitrogens is 2. The summed E-state index contributed by atoms with van der Waals surface area (Å²) in [5, 5.41) is 12.2. The third-order valence-corrected chi connectivity index (χ3v) is 5.17. The van der Waals surface area contributed by atoms with E-state index in [-0.39, 0.29) is 29.9 Å². The second-order valence-corrected chi connectivity index (χ2v) is 7.11. The Labute approximate surface area is 152 Å². The molecule has 0 spiro atoms. The minimum Gasteiger partial charge on any atom is -0.478 e. The number of carboxylic acids is 1. The van der Waals surface area contributed by atoms with Crippen LogP contribution in [0, 0.1) is 13.8 Å². The summed E-state index contributed by atoms with van der Waals surface area (Å²) in [6.07, 6.45) is 0.403. The summed E-state index contributed by atoms with van der Waals surface area (Å²) < 4.78 is 0. The molecule has 3 N–H and O–H groups in total. The molecule has 0 unspecified atom stereocenters. The predicted molar refractivity (Wildman–Crippen MR) is 100 cm³/mol. The Bertz CT molecular complexity index is 1070. The Kier molecular flexibility index (Phi) is 4.85. The van der Waals surface area contributed by atoms with E-state index in [2.05, 4.69) is 15.3 Å². The van der Waals surface area contributed by atoms with Crippen molar-refractivity contribution in [3.63, 3.8) is 0 Å². The zero-order valence-corrected chi connectivity index (χ0v) is 15.1. The third kappa shape index (κ3) is 3.65. The SMILES string of the molecule is Cc1sc2nc(CCC(=O)Nc3cccc(C(=O)O)c3)[nH]c(=O)c2c1C. The number of aryl methyl sites for hydroxylation is 3. The molecule has 0 saturated heterocycles. The number of aromatic carboxylic acids is 1. The molecule has 7 nitrogen and oxygen atoms in total. The van der Waals surface area contributed by atoms with Gasteiger partial charge in [-0.15, -0.1) is 11.3 Å². The summed E-state index contributed by atoms with van der Waals surface area (Å²) in [5.74, 6) is -0.885. The molecule has 0 radical (unpaired) electrons. The number of benzene rings is 1. The Morgan fingerprint density at radius 3 is 2.81 bits per heavy atom. The van der Waals surface area contributed by atoms with Gasteiger partial charge in [-0.3, -0.25) is 9.59 Å². The summed E-state index contributed by atoms with van der Waals surface area (Å²) in [5.41, 5.74) is 1.25. The number of hydrogen-bond donors (Lipinski definition) is 3. The highest BCUT2D eigenvalue weighted by Gasteiger charge is 2.13. The lowest BCUT2D eigenvalue weighted by molar-refractivity contribution is -0.116. The molecular formula is C18H17N3O4S. The molecule has 134 valence electrons. The second-order valence-electron chi connectivity index (χ2n) is 5.91. The molecule has 2 heterocycles. The molecule has 2 aromatic heterocycles. The van der Waals surface area contributed by atoms with Gasteiger partial charge in [0.1, 0.15) is 10.7 Å². The molecule has 0 atom stereocenters. The van der Waals surface area contributed by atoms with Crippen molar-refractivity contribution in [2.45, 2.75) is 26.7 Å². The number of nitrogens with one attached hydrogen (secondary N) is 2. The number of fused-ring (bicyclic) bond motifs is 1. The minimum absolute atomic E-state index is 0.0997. The maximum absolute atomic E-state index is 12.2. The Morgan fingerprint density at radius 1 is 1.31 bits per heavy atom. The standard InChI is InChI=1S/C18H17N3O4S/c1-9-10(2)26-17-15(9)16(23)20-13(21-17)6-7-14(22)19-12-5-3-4-11(8-12)18(24)25/h3-5,8H,6-7H2,1-2H3,(H,19,22)(H,24,25)(H,20,21,23). The molecule has 0 aliphatic heterocycles. The first-order chi connectivity index (χ1) is 12.3. The molecule has 1 aromatic carbocycles. The molecule has 1 amide bonds. The number of carbonyl (C=O) groups excluding carboxylic acids is 1. The number of carbonyl (C=O) groups is 2. The quantitative estimate of drug-likeness (QED) is 0.638. The van der Waals surface area contributed by atoms with E-state index in [4.69, 9.17) is 5.11 Å². The summed E-state index contributed by atoms with van der Waals surface area (Å²) in [6.45, 7) is 3.84. The van der Waals surface area contributed by atoms with Crippen LogP contribution in [0.25, 0.3) is 10.2 Å². The summed E-state index contributed by atoms with van der Waals surface area (Å²) in [6, 6.07) is 6.03. The van der Waals surface area contributed by atoms with Crippen LogP contribution in [0.4, 0.5) is 5.69 Å². The van der Waals surface area contributed by atoms with Crippen molar-refractivity contribution in [3.05, 3.63) is 56.4 Å². The molecule has 3 rings (SSSR count). The topological polar surface area (TPSA) is 112 Å². The van der Waals surface area contributed by atoms with Crippen molar-refractivity contribution in [1.82, 2.24) is 9.97 Å². The van der Waals surface area contributed by atoms with Gasteiger partial charge in [0, 0.05) is 23.4 Å². The van der Waals surface area contributed by atoms with E-state index in [0.717, 1.165) is 10.4 Å². The average Bonchev–Trinajstić information content (AvgIpc) is 2.88. The minimum atomic E-state index is -1.06. The maximum atomic E-state index is 12.2. The number of H-pyrrole nitrogens is 1. The van der Waals surface area contributed by atoms with Crippen LogP contribution in [0.3, 0.4) is 0 Å². The predicted octanol–water partition coefficient (Wildman–Crippen LogP) is 2.87. The van der Waals surface area contributed by atoms with E-state index in [1.165, 1.54) is 23.5 Å². The van der Waals surface area contributed by atoms with Crippen molar-refractivity contribution >= 4 is 39.1 Å². The number of aromatic amines is 1. The maximum Gasteiger partial charge on any atom is 0.335 e. The fraction of sp³-hybridized carbons (Fsp3) is 0.222. The van der Waals surface area contributed by atoms with Gasteiger partial charge in [-0.05, 0) is 37.6 Å². The Balaban J connectivity index is 1.70. The summed E-state index contributed by atoms with van der Waals surface area (Å²) >= 11 is 1.46. The lowest BCUT2D eigenvalue weighted by Gasteiger charge is -2.06. The third-order valence-electron chi connectivity index (χ3n) is 4.07. The molecule has 0 bridgehead atoms. The number of anilines is 1. The molecule has 3 aromatic rings. The van der Waals surface area contributed by atoms with Gasteiger partial charge in [0.05, 0.1) is 10.9 Å². The summed E-state index contributed by atoms with van der Waals surface area (Å²) in [4.78, 5) is 44.2. The monoisotopic (exact) mass is 371 g/mol. The van der Waals surface area contributed by atoms with Gasteiger partial charge in [0.2, 0.25) is 5.91 Å². The molecule has 26 heavy (non-hydrogen) atoms. The van der Waals surface area contributed by atoms with Gasteiger partial charge in [0.25, 0.3) is 5.56 Å². The van der Waals surface area contributed by atoms with Crippen molar-refractivity contribution in [2.75, 3.05) is 5.32 Å². The molecule has 0 aliphatic rings. The van der Waals surface area contributed by atoms with Crippen molar-refractivity contribution < 1.29 is 14.7 Å². The van der Waals surface area contributed by atoms with Gasteiger partial charge in [0.15, 0.2) is 0 Å². The molecule has 0 aliphatic carbocycles. The van der Waals surface area contributed by atoms with Crippen molar-refractivity contribution in [2.24, 2.45) is 0 Å². The first-order valence-electron chi connectivity index (χ1n) is 7.97. The zero-order valence-electron chi connectivity index (χ0n) is 14.3. The van der Waals surface area contributed by atoms with Crippen LogP contribution < -0.4 is 10.9 Å². The van der Waals surface area contributed by atoms with Crippen LogP contribution in [-0.4, -0.2) is 27.0 Å². The fourth-order valence-electron chi connectivity index (χ4n) is 2.60. The highest BCUT2D eigenvalue weighted by atomic mass is 32.1. The molecule has 8 heteroatoms. The average molecular weight is 371 g/mol. The van der Waals surface area contributed by atoms with E-state index in [1.807, 2.05) is 13.8 Å². The highest BCUT2D eigenvalue weighted by Crippen LogP contribution is 2.25. The first-order valence-corrected chi connectivity index (χ1v) is 8.79. The van der Waals surface area contributed by atoms with Gasteiger partial charge < -0.3 is 15.4 Å². The number of hydrogen-bond acceptors (Lipinski definition) is 5. The van der Waals surface area contributed by atoms with Gasteiger partial charge in [-0.1, -0.05) is 6.07 Å². The second kappa shape index (κ2) is 7.09.